The van der Waals surface area contributed by atoms with E-state index in [9.17, 15) is 0 Å². The summed E-state index contributed by atoms with van der Waals surface area (Å²) < 4.78 is 11.2. The molecule has 0 spiro atoms. The quantitative estimate of drug-likeness (QED) is 0.307. The van der Waals surface area contributed by atoms with Gasteiger partial charge >= 0.3 is 0 Å². The van der Waals surface area contributed by atoms with Crippen LogP contribution in [-0.4, -0.2) is 15.9 Å². The lowest BCUT2D eigenvalue weighted by Crippen LogP contribution is -2.00. The summed E-state index contributed by atoms with van der Waals surface area (Å²) in [6.45, 7) is 4.99. The number of nitrogens with two attached hydrogens (primary N) is 1. The predicted octanol–water partition coefficient (Wildman–Crippen LogP) is 6.24. The lowest BCUT2D eigenvalue weighted by atomic mass is 10.1. The average Bonchev–Trinajstić information content (AvgIpc) is 3.34. The zero-order chi connectivity index (χ0) is 23.9. The Morgan fingerprint density at radius 3 is 2.38 bits per heavy atom. The van der Waals surface area contributed by atoms with Crippen LogP contribution in [0.1, 0.15) is 29.5 Å². The molecule has 2 N–H and O–H groups in total. The number of halogens is 1. The molecule has 0 saturated carbocycles. The standard InChI is InChI=1S/C27H25ClN4O2/c1-18-3-5-20(6-4-18)16-30-19(2)15-25(29)27-31-26(32-34-27)22-9-13-24(14-10-22)33-17-21-7-11-23(28)12-8-21/h3-15H,16-17,29H2,1-2H3/b25-15-,30-19?. The van der Waals surface area contributed by atoms with E-state index in [1.807, 2.05) is 55.5 Å². The number of aryl methyl sites for hydroxylation is 1. The van der Waals surface area contributed by atoms with Gasteiger partial charge in [-0.3, -0.25) is 4.99 Å². The molecule has 34 heavy (non-hydrogen) atoms. The minimum Gasteiger partial charge on any atom is -0.489 e. The maximum Gasteiger partial charge on any atom is 0.274 e. The van der Waals surface area contributed by atoms with Gasteiger partial charge in [0.05, 0.1) is 12.2 Å². The van der Waals surface area contributed by atoms with Gasteiger partial charge in [0.15, 0.2) is 0 Å². The Morgan fingerprint density at radius 1 is 1.00 bits per heavy atom. The number of benzene rings is 3. The predicted molar refractivity (Wildman–Crippen MR) is 136 cm³/mol. The summed E-state index contributed by atoms with van der Waals surface area (Å²) in [5, 5.41) is 4.75. The maximum absolute atomic E-state index is 6.16. The number of ether oxygens (including phenoxy) is 1. The summed E-state index contributed by atoms with van der Waals surface area (Å²) in [4.78, 5) is 8.97. The molecule has 0 amide bonds. The van der Waals surface area contributed by atoms with Crippen LogP contribution >= 0.6 is 11.6 Å². The fraction of sp³-hybridized carbons (Fsp3) is 0.148. The van der Waals surface area contributed by atoms with Gasteiger partial charge in [-0.15, -0.1) is 0 Å². The summed E-state index contributed by atoms with van der Waals surface area (Å²) in [7, 11) is 0. The highest BCUT2D eigenvalue weighted by atomic mass is 35.5. The van der Waals surface area contributed by atoms with E-state index in [2.05, 4.69) is 46.3 Å². The van der Waals surface area contributed by atoms with Crippen LogP contribution in [0.5, 0.6) is 5.75 Å². The van der Waals surface area contributed by atoms with Crippen molar-refractivity contribution in [2.75, 3.05) is 0 Å². The van der Waals surface area contributed by atoms with Gasteiger partial charge in [0.1, 0.15) is 12.4 Å². The third kappa shape index (κ3) is 6.33. The summed E-state index contributed by atoms with van der Waals surface area (Å²) in [6, 6.07) is 23.3. The molecule has 3 aromatic carbocycles. The van der Waals surface area contributed by atoms with Crippen molar-refractivity contribution in [3.05, 3.63) is 106 Å². The van der Waals surface area contributed by atoms with Gasteiger partial charge in [-0.25, -0.2) is 0 Å². The molecule has 0 aliphatic rings. The van der Waals surface area contributed by atoms with Crippen molar-refractivity contribution < 1.29 is 9.26 Å². The summed E-state index contributed by atoms with van der Waals surface area (Å²) in [5.74, 6) is 1.44. The van der Waals surface area contributed by atoms with E-state index in [1.165, 1.54) is 5.56 Å². The number of rotatable bonds is 8. The first-order valence-electron chi connectivity index (χ1n) is 10.8. The number of hydrogen-bond acceptors (Lipinski definition) is 6. The highest BCUT2D eigenvalue weighted by Gasteiger charge is 2.11. The first-order chi connectivity index (χ1) is 16.5. The van der Waals surface area contributed by atoms with Crippen molar-refractivity contribution in [3.63, 3.8) is 0 Å². The summed E-state index contributed by atoms with van der Waals surface area (Å²) in [5.41, 5.74) is 11.5. The molecule has 0 aliphatic heterocycles. The fourth-order valence-corrected chi connectivity index (χ4v) is 3.27. The van der Waals surface area contributed by atoms with Gasteiger partial charge in [0.25, 0.3) is 5.89 Å². The Morgan fingerprint density at radius 2 is 1.68 bits per heavy atom. The molecule has 0 unspecified atom stereocenters. The molecule has 0 saturated heterocycles. The minimum absolute atomic E-state index is 0.253. The molecule has 0 atom stereocenters. The van der Waals surface area contributed by atoms with Crippen molar-refractivity contribution in [1.82, 2.24) is 10.1 Å². The van der Waals surface area contributed by atoms with E-state index in [0.717, 1.165) is 28.2 Å². The van der Waals surface area contributed by atoms with Gasteiger partial charge in [-0.1, -0.05) is 58.7 Å². The second kappa shape index (κ2) is 10.8. The third-order valence-corrected chi connectivity index (χ3v) is 5.35. The summed E-state index contributed by atoms with van der Waals surface area (Å²) >= 11 is 5.91. The molecule has 6 nitrogen and oxygen atoms in total. The van der Waals surface area contributed by atoms with Crippen molar-refractivity contribution in [1.29, 1.82) is 0 Å². The van der Waals surface area contributed by atoms with Crippen LogP contribution in [-0.2, 0) is 13.2 Å². The smallest absolute Gasteiger partial charge is 0.274 e. The minimum atomic E-state index is 0.253. The van der Waals surface area contributed by atoms with E-state index in [0.29, 0.717) is 29.7 Å². The van der Waals surface area contributed by atoms with Crippen LogP contribution in [0.4, 0.5) is 0 Å². The largest absolute Gasteiger partial charge is 0.489 e. The second-order valence-corrected chi connectivity index (χ2v) is 8.34. The third-order valence-electron chi connectivity index (χ3n) is 5.10. The van der Waals surface area contributed by atoms with Gasteiger partial charge in [-0.05, 0) is 67.4 Å². The molecule has 1 heterocycles. The maximum atomic E-state index is 6.16. The molecule has 0 aliphatic carbocycles. The van der Waals surface area contributed by atoms with Gasteiger partial charge in [0.2, 0.25) is 5.82 Å². The van der Waals surface area contributed by atoms with Crippen LogP contribution in [0.15, 0.2) is 88.4 Å². The molecule has 1 aromatic heterocycles. The van der Waals surface area contributed by atoms with Crippen LogP contribution in [0.3, 0.4) is 0 Å². The summed E-state index contributed by atoms with van der Waals surface area (Å²) in [6.07, 6.45) is 1.74. The molecule has 4 rings (SSSR count). The van der Waals surface area contributed by atoms with Crippen LogP contribution in [0.2, 0.25) is 5.02 Å². The van der Waals surface area contributed by atoms with Gasteiger partial charge in [0, 0.05) is 16.3 Å². The van der Waals surface area contributed by atoms with Crippen LogP contribution in [0.25, 0.3) is 17.1 Å². The van der Waals surface area contributed by atoms with Crippen LogP contribution < -0.4 is 10.5 Å². The van der Waals surface area contributed by atoms with Crippen molar-refractivity contribution in [2.24, 2.45) is 10.7 Å². The zero-order valence-electron chi connectivity index (χ0n) is 19.0. The second-order valence-electron chi connectivity index (χ2n) is 7.91. The van der Waals surface area contributed by atoms with Gasteiger partial charge in [-0.2, -0.15) is 4.98 Å². The van der Waals surface area contributed by atoms with Crippen LogP contribution in [0, 0.1) is 6.92 Å². The molecule has 4 aromatic rings. The van der Waals surface area contributed by atoms with Crippen molar-refractivity contribution in [2.45, 2.75) is 27.0 Å². The highest BCUT2D eigenvalue weighted by molar-refractivity contribution is 6.30. The molecule has 0 fully saturated rings. The molecule has 0 radical (unpaired) electrons. The lowest BCUT2D eigenvalue weighted by Gasteiger charge is -2.06. The molecule has 172 valence electrons. The Labute approximate surface area is 203 Å². The number of nitrogens with zero attached hydrogens (tertiary/aromatic N) is 3. The van der Waals surface area contributed by atoms with E-state index in [1.54, 1.807) is 6.08 Å². The Kier molecular flexibility index (Phi) is 7.40. The first kappa shape index (κ1) is 23.3. The number of aliphatic imine (C=N–C) groups is 1. The highest BCUT2D eigenvalue weighted by Crippen LogP contribution is 2.22. The zero-order valence-corrected chi connectivity index (χ0v) is 19.8. The van der Waals surface area contributed by atoms with Crippen molar-refractivity contribution in [3.8, 4) is 17.1 Å². The lowest BCUT2D eigenvalue weighted by molar-refractivity contribution is 0.306. The first-order valence-corrected chi connectivity index (χ1v) is 11.2. The van der Waals surface area contributed by atoms with Crippen molar-refractivity contribution >= 4 is 23.0 Å². The van der Waals surface area contributed by atoms with E-state index in [-0.39, 0.29) is 5.89 Å². The average molecular weight is 473 g/mol. The van der Waals surface area contributed by atoms with Gasteiger partial charge < -0.3 is 15.0 Å². The number of allylic oxidation sites excluding steroid dienone is 1. The molecule has 0 bridgehead atoms. The normalized spacial score (nSPS) is 12.1. The topological polar surface area (TPSA) is 86.5 Å². The fourth-order valence-electron chi connectivity index (χ4n) is 3.15. The van der Waals surface area contributed by atoms with E-state index in [4.69, 9.17) is 26.6 Å². The Hall–Kier alpha value is -3.90. The number of aromatic nitrogens is 2. The molecular weight excluding hydrogens is 448 g/mol. The Bertz CT molecular complexity index is 1290. The molecular formula is C27H25ClN4O2. The van der Waals surface area contributed by atoms with E-state index < -0.39 is 0 Å². The number of hydrogen-bond donors (Lipinski definition) is 1. The van der Waals surface area contributed by atoms with E-state index >= 15 is 0 Å². The Balaban J connectivity index is 1.37. The molecule has 7 heteroatoms. The SMILES string of the molecule is CC(/C=C(\N)c1nc(-c2ccc(OCc3ccc(Cl)cc3)cc2)no1)=NCc1ccc(C)cc1. The monoisotopic (exact) mass is 472 g/mol.